The van der Waals surface area contributed by atoms with Gasteiger partial charge in [0.15, 0.2) is 0 Å². The number of nitrogens with one attached hydrogen (secondary N) is 1. The fraction of sp³-hybridized carbons (Fsp3) is 0.550. The quantitative estimate of drug-likeness (QED) is 0.124. The average molecular weight is 514 g/mol. The average Bonchev–Trinajstić information content (AvgIpc) is 3.16. The number of non-ortho nitro benzene ring substituents is 1. The summed E-state index contributed by atoms with van der Waals surface area (Å²) in [6, 6.07) is 3.34. The number of rotatable bonds is 18. The maximum atomic E-state index is 11.5. The highest BCUT2D eigenvalue weighted by atomic mass is 16.7. The Labute approximate surface area is 204 Å². The number of carbonyl (C=O) groups excluding carboxylic acids is 3. The molecule has 2 amide bonds. The van der Waals surface area contributed by atoms with Crippen molar-refractivity contribution in [3.63, 3.8) is 0 Å². The first-order valence-corrected chi connectivity index (χ1v) is 10.8. The van der Waals surface area contributed by atoms with E-state index in [1.54, 1.807) is 0 Å². The Morgan fingerprint density at radius 3 is 1.97 bits per heavy atom. The third-order valence-electron chi connectivity index (χ3n) is 4.49. The van der Waals surface area contributed by atoms with Crippen molar-refractivity contribution in [3.05, 3.63) is 38.4 Å². The third kappa shape index (κ3) is 9.87. The van der Waals surface area contributed by atoms with Gasteiger partial charge in [0.2, 0.25) is 0 Å². The fourth-order valence-corrected chi connectivity index (χ4v) is 2.79. The second kappa shape index (κ2) is 15.3. The van der Waals surface area contributed by atoms with Gasteiger partial charge in [-0.05, 0) is 6.07 Å². The number of hydrogen-bond acceptors (Lipinski definition) is 13. The Kier molecular flexibility index (Phi) is 12.1. The molecule has 1 heterocycles. The molecule has 0 atom stereocenters. The van der Waals surface area contributed by atoms with Crippen molar-refractivity contribution in [2.45, 2.75) is 12.8 Å². The molecule has 0 radical (unpaired) electrons. The first-order valence-electron chi connectivity index (χ1n) is 10.8. The smallest absolute Gasteiger partial charge is 0.358 e. The van der Waals surface area contributed by atoms with E-state index in [1.165, 1.54) is 12.1 Å². The van der Waals surface area contributed by atoms with Gasteiger partial charge in [-0.15, -0.1) is 5.06 Å². The van der Waals surface area contributed by atoms with Gasteiger partial charge in [-0.25, -0.2) is 4.79 Å². The molecular weight excluding hydrogens is 488 g/mol. The Bertz CT molecular complexity index is 925. The van der Waals surface area contributed by atoms with E-state index in [2.05, 4.69) is 10.2 Å². The molecule has 16 heteroatoms. The van der Waals surface area contributed by atoms with Crippen LogP contribution in [0.15, 0.2) is 18.2 Å². The summed E-state index contributed by atoms with van der Waals surface area (Å²) < 4.78 is 21.0. The molecule has 0 aliphatic carbocycles. The number of hydroxylamine groups is 2. The Morgan fingerprint density at radius 2 is 1.42 bits per heavy atom. The standard InChI is InChI=1S/C20H26N4O12/c25-18-3-4-19(26)22(18)36-20(27)14-35-12-11-34-10-9-33-8-7-32-6-5-21-16-2-1-15(23(28)29)13-17(16)24(30)31/h1-2,13,21H,3-12,14H2. The van der Waals surface area contributed by atoms with E-state index in [9.17, 15) is 34.6 Å². The number of nitro groups is 2. The zero-order valence-corrected chi connectivity index (χ0v) is 19.3. The van der Waals surface area contributed by atoms with Crippen LogP contribution in [0, 0.1) is 20.2 Å². The van der Waals surface area contributed by atoms with E-state index in [0.717, 1.165) is 6.07 Å². The van der Waals surface area contributed by atoms with Gasteiger partial charge in [0, 0.05) is 25.5 Å². The topological polar surface area (TPSA) is 199 Å². The monoisotopic (exact) mass is 514 g/mol. The minimum Gasteiger partial charge on any atom is -0.377 e. The van der Waals surface area contributed by atoms with Crippen molar-refractivity contribution < 1.29 is 48.0 Å². The van der Waals surface area contributed by atoms with Crippen LogP contribution in [0.3, 0.4) is 0 Å². The van der Waals surface area contributed by atoms with Crippen LogP contribution in [0.5, 0.6) is 0 Å². The first-order chi connectivity index (χ1) is 17.3. The second-order valence-corrected chi connectivity index (χ2v) is 7.08. The summed E-state index contributed by atoms with van der Waals surface area (Å²) in [5.41, 5.74) is -0.611. The second-order valence-electron chi connectivity index (χ2n) is 7.08. The van der Waals surface area contributed by atoms with Gasteiger partial charge >= 0.3 is 5.97 Å². The summed E-state index contributed by atoms with van der Waals surface area (Å²) >= 11 is 0. The molecule has 1 aliphatic heterocycles. The molecule has 36 heavy (non-hydrogen) atoms. The molecular formula is C20H26N4O12. The summed E-state index contributed by atoms with van der Waals surface area (Å²) in [5.74, 6) is -1.98. The number of ether oxygens (including phenoxy) is 4. The van der Waals surface area contributed by atoms with Crippen LogP contribution < -0.4 is 5.32 Å². The number of benzene rings is 1. The number of amides is 2. The molecule has 1 aromatic rings. The van der Waals surface area contributed by atoms with Gasteiger partial charge < -0.3 is 29.1 Å². The van der Waals surface area contributed by atoms with Crippen molar-refractivity contribution in [1.29, 1.82) is 0 Å². The van der Waals surface area contributed by atoms with Crippen LogP contribution in [-0.2, 0) is 38.2 Å². The number of hydrogen-bond donors (Lipinski definition) is 1. The Morgan fingerprint density at radius 1 is 0.861 bits per heavy atom. The lowest BCUT2D eigenvalue weighted by atomic mass is 10.2. The first kappa shape index (κ1) is 28.5. The van der Waals surface area contributed by atoms with E-state index >= 15 is 0 Å². The SMILES string of the molecule is O=C(COCCOCCOCCOCCNc1ccc([N+](=O)[O-])cc1[N+](=O)[O-])ON1C(=O)CCC1=O. The van der Waals surface area contributed by atoms with Gasteiger partial charge in [-0.2, -0.15) is 0 Å². The van der Waals surface area contributed by atoms with E-state index in [1.807, 2.05) is 0 Å². The summed E-state index contributed by atoms with van der Waals surface area (Å²) in [6.07, 6.45) is 0.0342. The predicted molar refractivity (Wildman–Crippen MR) is 119 cm³/mol. The molecule has 2 rings (SSSR count). The van der Waals surface area contributed by atoms with E-state index < -0.39 is 39.9 Å². The van der Waals surface area contributed by atoms with Crippen molar-refractivity contribution in [2.24, 2.45) is 0 Å². The number of carbonyl (C=O) groups is 3. The number of nitro benzene ring substituents is 2. The normalized spacial score (nSPS) is 13.2. The minimum absolute atomic E-state index is 0.0171. The van der Waals surface area contributed by atoms with Crippen LogP contribution in [0.25, 0.3) is 0 Å². The molecule has 1 fully saturated rings. The zero-order valence-electron chi connectivity index (χ0n) is 19.3. The van der Waals surface area contributed by atoms with E-state index in [4.69, 9.17) is 18.9 Å². The molecule has 0 aromatic heterocycles. The molecule has 0 spiro atoms. The van der Waals surface area contributed by atoms with Crippen molar-refractivity contribution in [2.75, 3.05) is 64.7 Å². The fourth-order valence-electron chi connectivity index (χ4n) is 2.79. The van der Waals surface area contributed by atoms with E-state index in [0.29, 0.717) is 5.06 Å². The van der Waals surface area contributed by atoms with Crippen LogP contribution in [-0.4, -0.2) is 92.1 Å². The maximum absolute atomic E-state index is 11.5. The molecule has 0 saturated carbocycles. The Hall–Kier alpha value is -3.73. The molecule has 1 saturated heterocycles. The molecule has 16 nitrogen and oxygen atoms in total. The van der Waals surface area contributed by atoms with Gasteiger partial charge in [-0.1, -0.05) is 0 Å². The Balaban J connectivity index is 1.41. The van der Waals surface area contributed by atoms with Gasteiger partial charge in [0.1, 0.15) is 12.3 Å². The van der Waals surface area contributed by atoms with Crippen molar-refractivity contribution in [1.82, 2.24) is 5.06 Å². The van der Waals surface area contributed by atoms with Crippen LogP contribution in [0.4, 0.5) is 17.1 Å². The molecule has 1 aliphatic rings. The third-order valence-corrected chi connectivity index (χ3v) is 4.49. The zero-order chi connectivity index (χ0) is 26.3. The molecule has 0 unspecified atom stereocenters. The van der Waals surface area contributed by atoms with Gasteiger partial charge in [0.25, 0.3) is 23.2 Å². The summed E-state index contributed by atoms with van der Waals surface area (Å²) in [6.45, 7) is 1.46. The van der Waals surface area contributed by atoms with Crippen LogP contribution in [0.1, 0.15) is 12.8 Å². The number of anilines is 1. The lowest BCUT2D eigenvalue weighted by Gasteiger charge is -2.12. The number of imide groups is 1. The highest BCUT2D eigenvalue weighted by molar-refractivity contribution is 6.01. The minimum atomic E-state index is -0.858. The highest BCUT2D eigenvalue weighted by Crippen LogP contribution is 2.28. The molecule has 1 aromatic carbocycles. The lowest BCUT2D eigenvalue weighted by molar-refractivity contribution is -0.393. The molecule has 198 valence electrons. The summed E-state index contributed by atoms with van der Waals surface area (Å²) in [4.78, 5) is 59.2. The molecule has 1 N–H and O–H groups in total. The van der Waals surface area contributed by atoms with Crippen LogP contribution in [0.2, 0.25) is 0 Å². The lowest BCUT2D eigenvalue weighted by Crippen LogP contribution is -2.33. The van der Waals surface area contributed by atoms with Gasteiger partial charge in [0.05, 0.1) is 62.2 Å². The largest absolute Gasteiger partial charge is 0.377 e. The van der Waals surface area contributed by atoms with Crippen LogP contribution >= 0.6 is 0 Å². The summed E-state index contributed by atoms with van der Waals surface area (Å²) in [7, 11) is 0. The maximum Gasteiger partial charge on any atom is 0.358 e. The van der Waals surface area contributed by atoms with E-state index in [-0.39, 0.29) is 77.0 Å². The number of nitrogens with zero attached hydrogens (tertiary/aromatic N) is 3. The van der Waals surface area contributed by atoms with Gasteiger partial charge in [-0.3, -0.25) is 29.8 Å². The molecule has 0 bridgehead atoms. The van der Waals surface area contributed by atoms with Crippen molar-refractivity contribution >= 4 is 34.8 Å². The predicted octanol–water partition coefficient (Wildman–Crippen LogP) is 0.589. The van der Waals surface area contributed by atoms with Crippen molar-refractivity contribution in [3.8, 4) is 0 Å². The highest BCUT2D eigenvalue weighted by Gasteiger charge is 2.32. The summed E-state index contributed by atoms with van der Waals surface area (Å²) in [5, 5.41) is 25.1.